The summed E-state index contributed by atoms with van der Waals surface area (Å²) in [5.74, 6) is 0.863. The van der Waals surface area contributed by atoms with Crippen molar-refractivity contribution in [1.29, 1.82) is 0 Å². The molecule has 3 unspecified atom stereocenters. The van der Waals surface area contributed by atoms with Gasteiger partial charge in [0, 0.05) is 31.0 Å². The monoisotopic (exact) mass is 317 g/mol. The lowest BCUT2D eigenvalue weighted by Gasteiger charge is -2.42. The normalized spacial score (nSPS) is 28.6. The zero-order chi connectivity index (χ0) is 16.1. The maximum atomic E-state index is 10.2. The second-order valence-electron chi connectivity index (χ2n) is 7.34. The molecule has 128 valence electrons. The molecule has 0 bridgehead atoms. The topological polar surface area (TPSA) is 48.4 Å². The Balaban J connectivity index is 1.41. The molecule has 2 heterocycles. The average Bonchev–Trinajstić information content (AvgIpc) is 2.61. The van der Waals surface area contributed by atoms with E-state index >= 15 is 0 Å². The minimum absolute atomic E-state index is 0.436. The van der Waals surface area contributed by atoms with Gasteiger partial charge < -0.3 is 15.3 Å². The molecule has 1 aliphatic carbocycles. The van der Waals surface area contributed by atoms with Crippen LogP contribution in [-0.2, 0) is 0 Å². The summed E-state index contributed by atoms with van der Waals surface area (Å²) in [6, 6.07) is 5.13. The maximum absolute atomic E-state index is 10.2. The Bertz CT molecular complexity index is 459. The zero-order valence-electron chi connectivity index (χ0n) is 14.3. The summed E-state index contributed by atoms with van der Waals surface area (Å²) in [5.41, 5.74) is 0.945. The number of aromatic nitrogens is 1. The molecule has 1 saturated heterocycles. The van der Waals surface area contributed by atoms with Crippen LogP contribution < -0.4 is 5.32 Å². The van der Waals surface area contributed by atoms with Crippen molar-refractivity contribution in [2.45, 2.75) is 63.6 Å². The number of hydrogen-bond acceptors (Lipinski definition) is 4. The molecule has 0 spiro atoms. The number of aliphatic hydroxyl groups excluding tert-OH is 1. The van der Waals surface area contributed by atoms with Crippen molar-refractivity contribution in [2.24, 2.45) is 5.92 Å². The van der Waals surface area contributed by atoms with Gasteiger partial charge >= 0.3 is 0 Å². The number of likely N-dealkylation sites (tertiary alicyclic amines) is 1. The Hall–Kier alpha value is -0.970. The van der Waals surface area contributed by atoms with E-state index in [0.717, 1.165) is 17.5 Å². The SMILES string of the molecule is CC1CCCCC1N1CCC(NCC(O)c2ccncc2)CC1. The number of piperidine rings is 1. The molecule has 1 aliphatic heterocycles. The van der Waals surface area contributed by atoms with Gasteiger partial charge in [-0.2, -0.15) is 0 Å². The fourth-order valence-corrected chi connectivity index (χ4v) is 4.26. The van der Waals surface area contributed by atoms with Gasteiger partial charge in [0.25, 0.3) is 0 Å². The lowest BCUT2D eigenvalue weighted by atomic mass is 9.84. The fourth-order valence-electron chi connectivity index (χ4n) is 4.26. The van der Waals surface area contributed by atoms with Crippen LogP contribution in [0.4, 0.5) is 0 Å². The standard InChI is InChI=1S/C19H31N3O/c1-15-4-2-3-5-18(15)22-12-8-17(9-13-22)21-14-19(23)16-6-10-20-11-7-16/h6-7,10-11,15,17-19,21,23H,2-5,8-9,12-14H2,1H3. The van der Waals surface area contributed by atoms with E-state index < -0.39 is 6.10 Å². The van der Waals surface area contributed by atoms with Crippen molar-refractivity contribution in [3.8, 4) is 0 Å². The first-order chi connectivity index (χ1) is 11.2. The van der Waals surface area contributed by atoms with Crippen LogP contribution in [0, 0.1) is 5.92 Å². The van der Waals surface area contributed by atoms with Crippen molar-refractivity contribution in [3.63, 3.8) is 0 Å². The van der Waals surface area contributed by atoms with E-state index in [0.29, 0.717) is 12.6 Å². The van der Waals surface area contributed by atoms with Crippen molar-refractivity contribution >= 4 is 0 Å². The third-order valence-electron chi connectivity index (χ3n) is 5.76. The molecule has 0 radical (unpaired) electrons. The van der Waals surface area contributed by atoms with Crippen LogP contribution >= 0.6 is 0 Å². The van der Waals surface area contributed by atoms with Gasteiger partial charge in [0.05, 0.1) is 6.10 Å². The van der Waals surface area contributed by atoms with Crippen LogP contribution in [0.5, 0.6) is 0 Å². The number of hydrogen-bond donors (Lipinski definition) is 2. The molecule has 1 aromatic heterocycles. The Kier molecular flexibility index (Phi) is 6.03. The molecule has 4 heteroatoms. The molecular formula is C19H31N3O. The predicted octanol–water partition coefficient (Wildman–Crippen LogP) is 2.75. The molecule has 23 heavy (non-hydrogen) atoms. The Labute approximate surface area is 140 Å². The Morgan fingerprint density at radius 3 is 2.57 bits per heavy atom. The van der Waals surface area contributed by atoms with Crippen LogP contribution in [0.25, 0.3) is 0 Å². The first kappa shape index (κ1) is 16.9. The van der Waals surface area contributed by atoms with Gasteiger partial charge in [0.1, 0.15) is 0 Å². The van der Waals surface area contributed by atoms with Gasteiger partial charge in [-0.1, -0.05) is 19.8 Å². The Morgan fingerprint density at radius 2 is 1.87 bits per heavy atom. The first-order valence-electron chi connectivity index (χ1n) is 9.29. The fraction of sp³-hybridized carbons (Fsp3) is 0.737. The quantitative estimate of drug-likeness (QED) is 0.877. The van der Waals surface area contributed by atoms with E-state index in [2.05, 4.69) is 22.1 Å². The van der Waals surface area contributed by atoms with Gasteiger partial charge in [-0.3, -0.25) is 4.98 Å². The highest BCUT2D eigenvalue weighted by atomic mass is 16.3. The highest BCUT2D eigenvalue weighted by molar-refractivity contribution is 5.13. The van der Waals surface area contributed by atoms with Crippen molar-refractivity contribution in [3.05, 3.63) is 30.1 Å². The van der Waals surface area contributed by atoms with Gasteiger partial charge in [0.15, 0.2) is 0 Å². The molecule has 0 aromatic carbocycles. The summed E-state index contributed by atoms with van der Waals surface area (Å²) >= 11 is 0. The third kappa shape index (κ3) is 4.52. The van der Waals surface area contributed by atoms with Gasteiger partial charge in [-0.05, 0) is 62.4 Å². The highest BCUT2D eigenvalue weighted by Crippen LogP contribution is 2.30. The predicted molar refractivity (Wildman–Crippen MR) is 93.2 cm³/mol. The molecule has 2 aliphatic rings. The first-order valence-corrected chi connectivity index (χ1v) is 9.29. The summed E-state index contributed by atoms with van der Waals surface area (Å²) in [6.45, 7) is 5.48. The van der Waals surface area contributed by atoms with Crippen LogP contribution in [0.1, 0.15) is 57.1 Å². The van der Waals surface area contributed by atoms with Crippen molar-refractivity contribution < 1.29 is 5.11 Å². The number of nitrogens with one attached hydrogen (secondary N) is 1. The molecule has 1 saturated carbocycles. The van der Waals surface area contributed by atoms with E-state index in [9.17, 15) is 5.11 Å². The summed E-state index contributed by atoms with van der Waals surface area (Å²) < 4.78 is 0. The largest absolute Gasteiger partial charge is 0.387 e. The molecule has 4 nitrogen and oxygen atoms in total. The minimum atomic E-state index is -0.436. The lowest BCUT2D eigenvalue weighted by Crippen LogP contribution is -2.49. The summed E-state index contributed by atoms with van der Waals surface area (Å²) in [5, 5.41) is 13.8. The number of nitrogens with zero attached hydrogens (tertiary/aromatic N) is 2. The zero-order valence-corrected chi connectivity index (χ0v) is 14.3. The smallest absolute Gasteiger partial charge is 0.0915 e. The van der Waals surface area contributed by atoms with E-state index in [1.807, 2.05) is 12.1 Å². The summed E-state index contributed by atoms with van der Waals surface area (Å²) in [7, 11) is 0. The molecule has 2 fully saturated rings. The van der Waals surface area contributed by atoms with E-state index in [1.165, 1.54) is 51.6 Å². The number of pyridine rings is 1. The molecule has 3 atom stereocenters. The Morgan fingerprint density at radius 1 is 1.17 bits per heavy atom. The highest BCUT2D eigenvalue weighted by Gasteiger charge is 2.30. The van der Waals surface area contributed by atoms with Crippen LogP contribution in [0.15, 0.2) is 24.5 Å². The van der Waals surface area contributed by atoms with Crippen molar-refractivity contribution in [1.82, 2.24) is 15.2 Å². The average molecular weight is 317 g/mol. The second kappa shape index (κ2) is 8.22. The molecule has 3 rings (SSSR count). The van der Waals surface area contributed by atoms with Crippen LogP contribution in [-0.4, -0.2) is 46.7 Å². The molecule has 2 N–H and O–H groups in total. The van der Waals surface area contributed by atoms with E-state index in [1.54, 1.807) is 12.4 Å². The van der Waals surface area contributed by atoms with Crippen LogP contribution in [0.2, 0.25) is 0 Å². The van der Waals surface area contributed by atoms with Gasteiger partial charge in [-0.25, -0.2) is 0 Å². The number of rotatable bonds is 5. The summed E-state index contributed by atoms with van der Waals surface area (Å²) in [4.78, 5) is 6.72. The van der Waals surface area contributed by atoms with E-state index in [4.69, 9.17) is 0 Å². The van der Waals surface area contributed by atoms with Gasteiger partial charge in [-0.15, -0.1) is 0 Å². The minimum Gasteiger partial charge on any atom is -0.387 e. The second-order valence-corrected chi connectivity index (χ2v) is 7.34. The summed E-state index contributed by atoms with van der Waals surface area (Å²) in [6.07, 6.45) is 11.1. The third-order valence-corrected chi connectivity index (χ3v) is 5.76. The molecular weight excluding hydrogens is 286 g/mol. The molecule has 1 aromatic rings. The van der Waals surface area contributed by atoms with Crippen LogP contribution in [0.3, 0.4) is 0 Å². The maximum Gasteiger partial charge on any atom is 0.0915 e. The lowest BCUT2D eigenvalue weighted by molar-refractivity contribution is 0.0779. The van der Waals surface area contributed by atoms with Crippen molar-refractivity contribution in [2.75, 3.05) is 19.6 Å². The number of aliphatic hydroxyl groups is 1. The molecule has 0 amide bonds. The van der Waals surface area contributed by atoms with Gasteiger partial charge in [0.2, 0.25) is 0 Å². The van der Waals surface area contributed by atoms with E-state index in [-0.39, 0.29) is 0 Å².